The van der Waals surface area contributed by atoms with Crippen LogP contribution in [0, 0.1) is 0 Å². The van der Waals surface area contributed by atoms with E-state index in [1.54, 1.807) is 0 Å². The third kappa shape index (κ3) is 5.00. The SMILES string of the molecule is CCCc1ccc(CN2CCCn3nc(CN4CCCOCC4)cc3C2)o1. The van der Waals surface area contributed by atoms with Crippen LogP contribution in [-0.4, -0.2) is 52.4 Å². The molecule has 0 radical (unpaired) electrons. The zero-order valence-electron chi connectivity index (χ0n) is 16.5. The van der Waals surface area contributed by atoms with Gasteiger partial charge in [-0.2, -0.15) is 5.10 Å². The first-order valence-corrected chi connectivity index (χ1v) is 10.5. The topological polar surface area (TPSA) is 46.7 Å². The van der Waals surface area contributed by atoms with Crippen molar-refractivity contribution in [2.24, 2.45) is 0 Å². The highest BCUT2D eigenvalue weighted by Gasteiger charge is 2.19. The van der Waals surface area contributed by atoms with E-state index in [-0.39, 0.29) is 0 Å². The van der Waals surface area contributed by atoms with E-state index in [1.807, 2.05) is 0 Å². The first-order chi connectivity index (χ1) is 13.3. The van der Waals surface area contributed by atoms with Gasteiger partial charge in [-0.05, 0) is 37.5 Å². The van der Waals surface area contributed by atoms with Gasteiger partial charge in [0.1, 0.15) is 11.5 Å². The van der Waals surface area contributed by atoms with Crippen molar-refractivity contribution in [2.75, 3.05) is 32.8 Å². The quantitative estimate of drug-likeness (QED) is 0.780. The van der Waals surface area contributed by atoms with E-state index >= 15 is 0 Å². The van der Waals surface area contributed by atoms with Gasteiger partial charge >= 0.3 is 0 Å². The number of furan rings is 1. The van der Waals surface area contributed by atoms with Crippen LogP contribution < -0.4 is 0 Å². The maximum Gasteiger partial charge on any atom is 0.118 e. The van der Waals surface area contributed by atoms with Crippen molar-refractivity contribution < 1.29 is 9.15 Å². The van der Waals surface area contributed by atoms with Crippen molar-refractivity contribution in [1.29, 1.82) is 0 Å². The summed E-state index contributed by atoms with van der Waals surface area (Å²) in [5, 5.41) is 4.89. The summed E-state index contributed by atoms with van der Waals surface area (Å²) >= 11 is 0. The van der Waals surface area contributed by atoms with Crippen molar-refractivity contribution in [3.05, 3.63) is 41.1 Å². The Balaban J connectivity index is 1.38. The predicted molar refractivity (Wildman–Crippen MR) is 104 cm³/mol. The van der Waals surface area contributed by atoms with Crippen LogP contribution in [0.5, 0.6) is 0 Å². The van der Waals surface area contributed by atoms with Crippen LogP contribution in [0.15, 0.2) is 22.6 Å². The van der Waals surface area contributed by atoms with Crippen molar-refractivity contribution in [1.82, 2.24) is 19.6 Å². The standard InChI is InChI=1S/C21H32N4O2/c1-2-5-20-6-7-21(27-20)17-24-8-3-10-25-19(16-24)14-18(22-25)15-23-9-4-12-26-13-11-23/h6-7,14H,2-5,8-13,15-17H2,1H3. The minimum absolute atomic E-state index is 0.838. The molecule has 0 aliphatic carbocycles. The Kier molecular flexibility index (Phi) is 6.27. The fourth-order valence-electron chi connectivity index (χ4n) is 4.09. The van der Waals surface area contributed by atoms with Crippen LogP contribution in [0.3, 0.4) is 0 Å². The van der Waals surface area contributed by atoms with Gasteiger partial charge in [-0.15, -0.1) is 0 Å². The Morgan fingerprint density at radius 3 is 2.78 bits per heavy atom. The summed E-state index contributed by atoms with van der Waals surface area (Å²) in [4.78, 5) is 4.95. The van der Waals surface area contributed by atoms with E-state index < -0.39 is 0 Å². The molecule has 2 aliphatic heterocycles. The van der Waals surface area contributed by atoms with Gasteiger partial charge in [0.15, 0.2) is 0 Å². The lowest BCUT2D eigenvalue weighted by Gasteiger charge is -2.18. The molecule has 0 N–H and O–H groups in total. The van der Waals surface area contributed by atoms with E-state index in [1.165, 1.54) is 11.4 Å². The number of hydrogen-bond donors (Lipinski definition) is 0. The van der Waals surface area contributed by atoms with Gasteiger partial charge in [-0.1, -0.05) is 6.92 Å². The van der Waals surface area contributed by atoms with Crippen LogP contribution >= 0.6 is 0 Å². The molecule has 1 fully saturated rings. The molecule has 2 aromatic rings. The Morgan fingerprint density at radius 1 is 0.963 bits per heavy atom. The normalized spacial score (nSPS) is 19.6. The van der Waals surface area contributed by atoms with Crippen LogP contribution in [0.1, 0.15) is 49.1 Å². The third-order valence-corrected chi connectivity index (χ3v) is 5.44. The molecule has 0 saturated carbocycles. The summed E-state index contributed by atoms with van der Waals surface area (Å²) < 4.78 is 13.8. The molecule has 6 nitrogen and oxygen atoms in total. The molecule has 2 aliphatic rings. The second-order valence-corrected chi connectivity index (χ2v) is 7.77. The average molecular weight is 373 g/mol. The number of hydrogen-bond acceptors (Lipinski definition) is 5. The number of rotatable bonds is 6. The van der Waals surface area contributed by atoms with Crippen molar-refractivity contribution >= 4 is 0 Å². The molecule has 4 rings (SSSR count). The Bertz CT molecular complexity index is 716. The Hall–Kier alpha value is -1.63. The Morgan fingerprint density at radius 2 is 1.85 bits per heavy atom. The smallest absolute Gasteiger partial charge is 0.118 e. The van der Waals surface area contributed by atoms with E-state index in [4.69, 9.17) is 14.3 Å². The van der Waals surface area contributed by atoms with Gasteiger partial charge in [0, 0.05) is 52.3 Å². The number of aromatic nitrogens is 2. The summed E-state index contributed by atoms with van der Waals surface area (Å²) in [5.74, 6) is 2.19. The van der Waals surface area contributed by atoms with Crippen molar-refractivity contribution in [2.45, 2.75) is 58.8 Å². The molecule has 0 bridgehead atoms. The predicted octanol–water partition coefficient (Wildman–Crippen LogP) is 3.06. The second kappa shape index (κ2) is 9.04. The van der Waals surface area contributed by atoms with Gasteiger partial charge in [0.2, 0.25) is 0 Å². The van der Waals surface area contributed by atoms with E-state index in [0.29, 0.717) is 0 Å². The molecule has 2 aromatic heterocycles. The monoisotopic (exact) mass is 372 g/mol. The lowest BCUT2D eigenvalue weighted by molar-refractivity contribution is 0.140. The highest BCUT2D eigenvalue weighted by Crippen LogP contribution is 2.19. The zero-order chi connectivity index (χ0) is 18.5. The first kappa shape index (κ1) is 18.7. The van der Waals surface area contributed by atoms with Crippen molar-refractivity contribution in [3.8, 4) is 0 Å². The second-order valence-electron chi connectivity index (χ2n) is 7.77. The maximum atomic E-state index is 5.99. The number of ether oxygens (including phenoxy) is 1. The third-order valence-electron chi connectivity index (χ3n) is 5.44. The van der Waals surface area contributed by atoms with Gasteiger partial charge in [-0.25, -0.2) is 0 Å². The zero-order valence-corrected chi connectivity index (χ0v) is 16.5. The molecule has 4 heterocycles. The molecule has 148 valence electrons. The molecule has 0 amide bonds. The summed E-state index contributed by atoms with van der Waals surface area (Å²) in [7, 11) is 0. The Labute approximate surface area is 162 Å². The lowest BCUT2D eigenvalue weighted by atomic mass is 10.3. The molecule has 0 atom stereocenters. The molecule has 0 unspecified atom stereocenters. The van der Waals surface area contributed by atoms with Gasteiger partial charge in [-0.3, -0.25) is 14.5 Å². The summed E-state index contributed by atoms with van der Waals surface area (Å²) in [6.07, 6.45) is 4.40. The number of aryl methyl sites for hydroxylation is 2. The molecular weight excluding hydrogens is 340 g/mol. The summed E-state index contributed by atoms with van der Waals surface area (Å²) in [6, 6.07) is 6.57. The van der Waals surface area contributed by atoms with Crippen LogP contribution in [0.2, 0.25) is 0 Å². The van der Waals surface area contributed by atoms with Gasteiger partial charge < -0.3 is 9.15 Å². The van der Waals surface area contributed by atoms with Crippen LogP contribution in [0.25, 0.3) is 0 Å². The molecule has 1 saturated heterocycles. The van der Waals surface area contributed by atoms with Crippen LogP contribution in [0.4, 0.5) is 0 Å². The maximum absolute atomic E-state index is 5.99. The van der Waals surface area contributed by atoms with E-state index in [9.17, 15) is 0 Å². The van der Waals surface area contributed by atoms with Gasteiger partial charge in [0.25, 0.3) is 0 Å². The highest BCUT2D eigenvalue weighted by molar-refractivity contribution is 5.12. The minimum Gasteiger partial charge on any atom is -0.465 e. The highest BCUT2D eigenvalue weighted by atomic mass is 16.5. The molecule has 27 heavy (non-hydrogen) atoms. The van der Waals surface area contributed by atoms with E-state index in [2.05, 4.69) is 39.6 Å². The fraction of sp³-hybridized carbons (Fsp3) is 0.667. The lowest BCUT2D eigenvalue weighted by Crippen LogP contribution is -2.26. The van der Waals surface area contributed by atoms with E-state index in [0.717, 1.165) is 96.2 Å². The van der Waals surface area contributed by atoms with Crippen LogP contribution in [-0.2, 0) is 37.3 Å². The van der Waals surface area contributed by atoms with Crippen molar-refractivity contribution in [3.63, 3.8) is 0 Å². The minimum atomic E-state index is 0.838. The molecular formula is C21H32N4O2. The fourth-order valence-corrected chi connectivity index (χ4v) is 4.09. The summed E-state index contributed by atoms with van der Waals surface area (Å²) in [5.41, 5.74) is 2.52. The number of fused-ring (bicyclic) bond motifs is 1. The largest absolute Gasteiger partial charge is 0.465 e. The molecule has 0 spiro atoms. The first-order valence-electron chi connectivity index (χ1n) is 10.5. The average Bonchev–Trinajstić information content (AvgIpc) is 3.07. The summed E-state index contributed by atoms with van der Waals surface area (Å²) in [6.45, 7) is 10.9. The molecule has 6 heteroatoms. The number of nitrogens with zero attached hydrogens (tertiary/aromatic N) is 4. The molecule has 0 aromatic carbocycles. The van der Waals surface area contributed by atoms with Gasteiger partial charge in [0.05, 0.1) is 24.5 Å².